The Hall–Kier alpha value is -3.06. The summed E-state index contributed by atoms with van der Waals surface area (Å²) < 4.78 is 5.72. The first kappa shape index (κ1) is 12.9. The monoisotopic (exact) mass is 276 g/mol. The van der Waals surface area contributed by atoms with Gasteiger partial charge in [0.1, 0.15) is 29.9 Å². The average Bonchev–Trinajstić information content (AvgIpc) is 2.52. The second-order valence-electron chi connectivity index (χ2n) is 4.64. The van der Waals surface area contributed by atoms with Crippen molar-refractivity contribution in [3.8, 4) is 17.6 Å². The van der Waals surface area contributed by atoms with Crippen LogP contribution < -0.4 is 4.74 Å². The van der Waals surface area contributed by atoms with Crippen LogP contribution in [-0.2, 0) is 6.61 Å². The Morgan fingerprint density at radius 3 is 2.76 bits per heavy atom. The van der Waals surface area contributed by atoms with Crippen LogP contribution in [0, 0.1) is 11.3 Å². The molecule has 1 N–H and O–H groups in total. The van der Waals surface area contributed by atoms with Crippen LogP contribution in [0.2, 0.25) is 0 Å². The first-order valence-corrected chi connectivity index (χ1v) is 6.45. The molecule has 2 aromatic carbocycles. The Morgan fingerprint density at radius 2 is 1.90 bits per heavy atom. The van der Waals surface area contributed by atoms with Gasteiger partial charge in [-0.25, -0.2) is 4.98 Å². The molecule has 0 radical (unpaired) electrons. The van der Waals surface area contributed by atoms with Crippen LogP contribution >= 0.6 is 0 Å². The molecule has 0 aliphatic rings. The number of phenolic OH excluding ortho intramolecular Hbond substituents is 1. The fourth-order valence-corrected chi connectivity index (χ4v) is 2.09. The van der Waals surface area contributed by atoms with Gasteiger partial charge in [0.15, 0.2) is 0 Å². The van der Waals surface area contributed by atoms with Gasteiger partial charge in [-0.05, 0) is 52.7 Å². The summed E-state index contributed by atoms with van der Waals surface area (Å²) >= 11 is 0. The molecular formula is C17H12N2O2. The normalized spacial score (nSPS) is 10.2. The van der Waals surface area contributed by atoms with Crippen molar-refractivity contribution < 1.29 is 9.84 Å². The summed E-state index contributed by atoms with van der Waals surface area (Å²) in [4.78, 5) is 3.92. The summed E-state index contributed by atoms with van der Waals surface area (Å²) in [5, 5.41) is 20.3. The summed E-state index contributed by atoms with van der Waals surface area (Å²) in [6, 6.07) is 16.4. The molecule has 0 amide bonds. The van der Waals surface area contributed by atoms with Gasteiger partial charge in [0, 0.05) is 6.20 Å². The van der Waals surface area contributed by atoms with E-state index in [0.29, 0.717) is 18.1 Å². The topological polar surface area (TPSA) is 66.1 Å². The third-order valence-corrected chi connectivity index (χ3v) is 3.14. The minimum absolute atomic E-state index is 0.229. The first-order valence-electron chi connectivity index (χ1n) is 6.45. The number of nitriles is 1. The van der Waals surface area contributed by atoms with E-state index in [2.05, 4.69) is 4.98 Å². The molecule has 0 fully saturated rings. The fraction of sp³-hybridized carbons (Fsp3) is 0.0588. The van der Waals surface area contributed by atoms with E-state index >= 15 is 0 Å². The zero-order valence-corrected chi connectivity index (χ0v) is 11.2. The molecule has 1 aromatic heterocycles. The van der Waals surface area contributed by atoms with Crippen LogP contribution in [0.4, 0.5) is 0 Å². The van der Waals surface area contributed by atoms with Crippen molar-refractivity contribution in [2.45, 2.75) is 6.61 Å². The van der Waals surface area contributed by atoms with Crippen LogP contribution in [0.3, 0.4) is 0 Å². The highest BCUT2D eigenvalue weighted by Gasteiger charge is 2.01. The summed E-state index contributed by atoms with van der Waals surface area (Å²) in [5.74, 6) is 0.941. The van der Waals surface area contributed by atoms with Gasteiger partial charge in [-0.2, -0.15) is 5.26 Å². The van der Waals surface area contributed by atoms with Gasteiger partial charge in [0.05, 0.1) is 0 Å². The summed E-state index contributed by atoms with van der Waals surface area (Å²) in [7, 11) is 0. The standard InChI is InChI=1S/C17H12N2O2/c18-10-15-7-12(5-6-19-15)11-21-17-4-2-13-1-3-16(20)8-14(13)9-17/h1-9,20H,11H2. The van der Waals surface area contributed by atoms with Gasteiger partial charge in [-0.3, -0.25) is 0 Å². The molecule has 0 aliphatic heterocycles. The molecule has 0 saturated carbocycles. The van der Waals surface area contributed by atoms with E-state index in [-0.39, 0.29) is 5.75 Å². The van der Waals surface area contributed by atoms with E-state index in [1.807, 2.05) is 36.4 Å². The third kappa shape index (κ3) is 2.93. The van der Waals surface area contributed by atoms with Gasteiger partial charge in [-0.1, -0.05) is 12.1 Å². The van der Waals surface area contributed by atoms with Crippen molar-refractivity contribution in [2.24, 2.45) is 0 Å². The zero-order chi connectivity index (χ0) is 14.7. The predicted octanol–water partition coefficient (Wildman–Crippen LogP) is 3.39. The molecule has 4 heteroatoms. The van der Waals surface area contributed by atoms with E-state index in [4.69, 9.17) is 10.00 Å². The van der Waals surface area contributed by atoms with Crippen molar-refractivity contribution in [2.75, 3.05) is 0 Å². The second kappa shape index (κ2) is 5.51. The maximum atomic E-state index is 9.51. The van der Waals surface area contributed by atoms with Crippen molar-refractivity contribution in [3.05, 3.63) is 66.0 Å². The van der Waals surface area contributed by atoms with Gasteiger partial charge in [0.25, 0.3) is 0 Å². The number of fused-ring (bicyclic) bond motifs is 1. The lowest BCUT2D eigenvalue weighted by Gasteiger charge is -2.08. The summed E-state index contributed by atoms with van der Waals surface area (Å²) in [5.41, 5.74) is 1.26. The first-order chi connectivity index (χ1) is 10.2. The van der Waals surface area contributed by atoms with E-state index in [0.717, 1.165) is 16.3 Å². The van der Waals surface area contributed by atoms with E-state index in [9.17, 15) is 5.11 Å². The van der Waals surface area contributed by atoms with Gasteiger partial charge < -0.3 is 9.84 Å². The maximum Gasteiger partial charge on any atom is 0.140 e. The second-order valence-corrected chi connectivity index (χ2v) is 4.64. The molecule has 0 saturated heterocycles. The minimum Gasteiger partial charge on any atom is -0.508 e. The van der Waals surface area contributed by atoms with Crippen molar-refractivity contribution >= 4 is 10.8 Å². The highest BCUT2D eigenvalue weighted by Crippen LogP contribution is 2.24. The number of rotatable bonds is 3. The Balaban J connectivity index is 1.80. The Kier molecular flexibility index (Phi) is 3.40. The number of phenols is 1. The van der Waals surface area contributed by atoms with E-state index in [1.54, 1.807) is 24.4 Å². The molecule has 3 rings (SSSR count). The van der Waals surface area contributed by atoms with E-state index in [1.165, 1.54) is 0 Å². The number of benzene rings is 2. The van der Waals surface area contributed by atoms with Crippen LogP contribution in [-0.4, -0.2) is 10.1 Å². The molecule has 0 aliphatic carbocycles. The molecule has 4 nitrogen and oxygen atoms in total. The van der Waals surface area contributed by atoms with Gasteiger partial charge in [-0.15, -0.1) is 0 Å². The Labute approximate surface area is 121 Å². The number of hydrogen-bond acceptors (Lipinski definition) is 4. The van der Waals surface area contributed by atoms with Crippen molar-refractivity contribution in [3.63, 3.8) is 0 Å². The summed E-state index contributed by atoms with van der Waals surface area (Å²) in [6.07, 6.45) is 1.59. The number of nitrogens with zero attached hydrogens (tertiary/aromatic N) is 2. The molecule has 0 unspecified atom stereocenters. The zero-order valence-electron chi connectivity index (χ0n) is 11.2. The van der Waals surface area contributed by atoms with Crippen LogP contribution in [0.25, 0.3) is 10.8 Å². The molecule has 102 valence electrons. The molecule has 3 aromatic rings. The highest BCUT2D eigenvalue weighted by molar-refractivity contribution is 5.85. The lowest BCUT2D eigenvalue weighted by Crippen LogP contribution is -1.96. The SMILES string of the molecule is N#Cc1cc(COc2ccc3ccc(O)cc3c2)ccn1. The molecular weight excluding hydrogens is 264 g/mol. The highest BCUT2D eigenvalue weighted by atomic mass is 16.5. The lowest BCUT2D eigenvalue weighted by molar-refractivity contribution is 0.306. The molecule has 0 bridgehead atoms. The quantitative estimate of drug-likeness (QED) is 0.796. The predicted molar refractivity (Wildman–Crippen MR) is 78.9 cm³/mol. The molecule has 0 atom stereocenters. The van der Waals surface area contributed by atoms with Crippen molar-refractivity contribution in [1.82, 2.24) is 4.98 Å². The number of aromatic hydroxyl groups is 1. The number of ether oxygens (including phenoxy) is 1. The number of pyridine rings is 1. The lowest BCUT2D eigenvalue weighted by atomic mass is 10.1. The molecule has 1 heterocycles. The number of aromatic nitrogens is 1. The van der Waals surface area contributed by atoms with Crippen LogP contribution in [0.15, 0.2) is 54.7 Å². The van der Waals surface area contributed by atoms with Gasteiger partial charge in [0.2, 0.25) is 0 Å². The number of hydrogen-bond donors (Lipinski definition) is 1. The molecule has 0 spiro atoms. The van der Waals surface area contributed by atoms with Crippen LogP contribution in [0.5, 0.6) is 11.5 Å². The third-order valence-electron chi connectivity index (χ3n) is 3.14. The van der Waals surface area contributed by atoms with Gasteiger partial charge >= 0.3 is 0 Å². The van der Waals surface area contributed by atoms with E-state index < -0.39 is 0 Å². The van der Waals surface area contributed by atoms with Crippen molar-refractivity contribution in [1.29, 1.82) is 5.26 Å². The minimum atomic E-state index is 0.229. The fourth-order valence-electron chi connectivity index (χ4n) is 2.09. The summed E-state index contributed by atoms with van der Waals surface area (Å²) in [6.45, 7) is 0.363. The maximum absolute atomic E-state index is 9.51. The Bertz CT molecular complexity index is 838. The smallest absolute Gasteiger partial charge is 0.140 e. The largest absolute Gasteiger partial charge is 0.508 e. The average molecular weight is 276 g/mol. The molecule has 21 heavy (non-hydrogen) atoms. The Morgan fingerprint density at radius 1 is 1.05 bits per heavy atom. The van der Waals surface area contributed by atoms with Crippen LogP contribution in [0.1, 0.15) is 11.3 Å².